The molecule has 0 N–H and O–H groups in total. The van der Waals surface area contributed by atoms with Crippen molar-refractivity contribution >= 4 is 7.12 Å². The Balaban J connectivity index is 2.77. The van der Waals surface area contributed by atoms with E-state index in [0.717, 1.165) is 19.3 Å². The third-order valence-corrected chi connectivity index (χ3v) is 4.18. The molecule has 0 aliphatic carbocycles. The molecule has 1 saturated heterocycles. The first-order valence-electron chi connectivity index (χ1n) is 7.25. The molecule has 4 heteroatoms. The first-order chi connectivity index (χ1) is 8.51. The van der Waals surface area contributed by atoms with Crippen molar-refractivity contribution in [3.05, 3.63) is 11.8 Å². The molecular formula is C15H28BFO2. The first-order valence-corrected chi connectivity index (χ1v) is 7.25. The molecule has 0 amide bonds. The molecule has 110 valence electrons. The molecule has 0 aromatic carbocycles. The number of hydrogen-bond donors (Lipinski definition) is 0. The van der Waals surface area contributed by atoms with Gasteiger partial charge in [-0.1, -0.05) is 39.7 Å². The maximum atomic E-state index is 14.3. The maximum absolute atomic E-state index is 14.3. The van der Waals surface area contributed by atoms with Gasteiger partial charge in [-0.2, -0.15) is 0 Å². The summed E-state index contributed by atoms with van der Waals surface area (Å²) in [6.45, 7) is 14.0. The molecule has 1 aliphatic rings. The largest absolute Gasteiger partial charge is 0.524 e. The molecule has 1 rings (SSSR count). The molecule has 0 bridgehead atoms. The Labute approximate surface area is 117 Å². The van der Waals surface area contributed by atoms with E-state index < -0.39 is 18.3 Å². The normalized spacial score (nSPS) is 22.9. The Morgan fingerprint density at radius 1 is 1.16 bits per heavy atom. The molecule has 2 nitrogen and oxygen atoms in total. The SMILES string of the molecule is CCCCC(C)(C)C=C(F)B1OC(C)(C)C(C)(C)O1. The summed E-state index contributed by atoms with van der Waals surface area (Å²) < 4.78 is 25.8. The number of rotatable bonds is 5. The lowest BCUT2D eigenvalue weighted by Gasteiger charge is -2.32. The number of unbranched alkanes of at least 4 members (excludes halogenated alkanes) is 1. The molecule has 0 atom stereocenters. The standard InChI is InChI=1S/C15H28BFO2/c1-8-9-10-13(2,3)11-12(17)16-18-14(4,5)15(6,7)19-16/h11H,8-10H2,1-7H3. The van der Waals surface area contributed by atoms with Gasteiger partial charge in [0.2, 0.25) is 0 Å². The van der Waals surface area contributed by atoms with Gasteiger partial charge in [-0.15, -0.1) is 0 Å². The fraction of sp³-hybridized carbons (Fsp3) is 0.867. The van der Waals surface area contributed by atoms with Gasteiger partial charge in [0.05, 0.1) is 11.2 Å². The van der Waals surface area contributed by atoms with E-state index in [2.05, 4.69) is 6.92 Å². The molecule has 1 heterocycles. The van der Waals surface area contributed by atoms with E-state index in [1.807, 2.05) is 41.5 Å². The van der Waals surface area contributed by atoms with Crippen molar-refractivity contribution in [2.24, 2.45) is 5.41 Å². The zero-order chi connectivity index (χ0) is 14.9. The molecule has 0 aromatic heterocycles. The van der Waals surface area contributed by atoms with Gasteiger partial charge in [0.15, 0.2) is 0 Å². The predicted octanol–water partition coefficient (Wildman–Crippen LogP) is 4.69. The van der Waals surface area contributed by atoms with Crippen LogP contribution in [0.25, 0.3) is 0 Å². The van der Waals surface area contributed by atoms with Crippen LogP contribution in [0.15, 0.2) is 11.8 Å². The van der Waals surface area contributed by atoms with E-state index in [1.54, 1.807) is 6.08 Å². The summed E-state index contributed by atoms with van der Waals surface area (Å²) in [6, 6.07) is 0. The Bertz CT molecular complexity index is 332. The summed E-state index contributed by atoms with van der Waals surface area (Å²) in [5.41, 5.74) is -1.45. The van der Waals surface area contributed by atoms with Crippen LogP contribution in [0.5, 0.6) is 0 Å². The smallest absolute Gasteiger partial charge is 0.398 e. The minimum absolute atomic E-state index is 0.163. The van der Waals surface area contributed by atoms with E-state index in [4.69, 9.17) is 9.31 Å². The number of halogens is 1. The number of hydrogen-bond acceptors (Lipinski definition) is 2. The summed E-state index contributed by atoms with van der Waals surface area (Å²) in [5.74, 6) is 0. The van der Waals surface area contributed by atoms with Gasteiger partial charge in [-0.25, -0.2) is 4.39 Å². The average molecular weight is 270 g/mol. The highest BCUT2D eigenvalue weighted by atomic mass is 19.1. The third kappa shape index (κ3) is 4.06. The van der Waals surface area contributed by atoms with Crippen LogP contribution < -0.4 is 0 Å². The van der Waals surface area contributed by atoms with Crippen LogP contribution in [0.2, 0.25) is 0 Å². The van der Waals surface area contributed by atoms with Crippen molar-refractivity contribution in [2.45, 2.75) is 78.9 Å². The van der Waals surface area contributed by atoms with E-state index in [9.17, 15) is 4.39 Å². The molecule has 0 unspecified atom stereocenters. The lowest BCUT2D eigenvalue weighted by molar-refractivity contribution is 0.00578. The molecular weight excluding hydrogens is 242 g/mol. The Kier molecular flexibility index (Phi) is 4.90. The molecule has 0 aromatic rings. The van der Waals surface area contributed by atoms with Crippen molar-refractivity contribution in [1.29, 1.82) is 0 Å². The second-order valence-corrected chi connectivity index (χ2v) is 7.21. The molecule has 0 radical (unpaired) electrons. The van der Waals surface area contributed by atoms with Crippen molar-refractivity contribution in [3.8, 4) is 0 Å². The maximum Gasteiger partial charge on any atom is 0.524 e. The minimum Gasteiger partial charge on any atom is -0.398 e. The van der Waals surface area contributed by atoms with Gasteiger partial charge in [0.25, 0.3) is 0 Å². The van der Waals surface area contributed by atoms with Crippen molar-refractivity contribution in [2.75, 3.05) is 0 Å². The molecule has 19 heavy (non-hydrogen) atoms. The topological polar surface area (TPSA) is 18.5 Å². The Morgan fingerprint density at radius 3 is 2.05 bits per heavy atom. The minimum atomic E-state index is -0.870. The van der Waals surface area contributed by atoms with E-state index in [-0.39, 0.29) is 11.1 Å². The summed E-state index contributed by atoms with van der Waals surface area (Å²) >= 11 is 0. The summed E-state index contributed by atoms with van der Waals surface area (Å²) in [4.78, 5) is 0. The van der Waals surface area contributed by atoms with E-state index >= 15 is 0 Å². The molecule has 1 aliphatic heterocycles. The van der Waals surface area contributed by atoms with Gasteiger partial charge in [-0.05, 0) is 39.5 Å². The lowest BCUT2D eigenvalue weighted by atomic mass is 9.79. The third-order valence-electron chi connectivity index (χ3n) is 4.18. The Morgan fingerprint density at radius 2 is 1.63 bits per heavy atom. The second-order valence-electron chi connectivity index (χ2n) is 7.21. The van der Waals surface area contributed by atoms with Crippen molar-refractivity contribution in [3.63, 3.8) is 0 Å². The zero-order valence-corrected chi connectivity index (χ0v) is 13.5. The van der Waals surface area contributed by atoms with Crippen LogP contribution in [-0.4, -0.2) is 18.3 Å². The second kappa shape index (κ2) is 5.57. The fourth-order valence-electron chi connectivity index (χ4n) is 2.10. The first kappa shape index (κ1) is 16.7. The predicted molar refractivity (Wildman–Crippen MR) is 78.6 cm³/mol. The van der Waals surface area contributed by atoms with Crippen LogP contribution in [0.4, 0.5) is 4.39 Å². The summed E-state index contributed by atoms with van der Waals surface area (Å²) in [7, 11) is -0.870. The van der Waals surface area contributed by atoms with Gasteiger partial charge in [-0.3, -0.25) is 0 Å². The zero-order valence-electron chi connectivity index (χ0n) is 13.5. The van der Waals surface area contributed by atoms with Crippen LogP contribution in [0, 0.1) is 5.41 Å². The number of allylic oxidation sites excluding steroid dienone is 1. The highest BCUT2D eigenvalue weighted by Gasteiger charge is 2.53. The van der Waals surface area contributed by atoms with Gasteiger partial charge in [0.1, 0.15) is 5.73 Å². The quantitative estimate of drug-likeness (QED) is 0.675. The molecule has 1 fully saturated rings. The molecule has 0 spiro atoms. The van der Waals surface area contributed by atoms with Gasteiger partial charge < -0.3 is 9.31 Å². The van der Waals surface area contributed by atoms with Crippen LogP contribution in [-0.2, 0) is 9.31 Å². The monoisotopic (exact) mass is 270 g/mol. The summed E-state index contributed by atoms with van der Waals surface area (Å²) in [5, 5.41) is 0. The van der Waals surface area contributed by atoms with Crippen LogP contribution in [0.1, 0.15) is 67.7 Å². The van der Waals surface area contributed by atoms with Crippen molar-refractivity contribution in [1.82, 2.24) is 0 Å². The van der Waals surface area contributed by atoms with Crippen LogP contribution in [0.3, 0.4) is 0 Å². The van der Waals surface area contributed by atoms with E-state index in [1.165, 1.54) is 0 Å². The summed E-state index contributed by atoms with van der Waals surface area (Å²) in [6.07, 6.45) is 4.84. The average Bonchev–Trinajstić information content (AvgIpc) is 2.45. The Hall–Kier alpha value is -0.345. The molecule has 0 saturated carbocycles. The van der Waals surface area contributed by atoms with Crippen molar-refractivity contribution < 1.29 is 13.7 Å². The lowest BCUT2D eigenvalue weighted by Crippen LogP contribution is -2.41. The van der Waals surface area contributed by atoms with Crippen LogP contribution >= 0.6 is 0 Å². The van der Waals surface area contributed by atoms with Gasteiger partial charge in [0, 0.05) is 0 Å². The highest BCUT2D eigenvalue weighted by Crippen LogP contribution is 2.39. The van der Waals surface area contributed by atoms with E-state index in [0.29, 0.717) is 0 Å². The highest BCUT2D eigenvalue weighted by molar-refractivity contribution is 6.53. The van der Waals surface area contributed by atoms with Gasteiger partial charge >= 0.3 is 7.12 Å². The fourth-order valence-corrected chi connectivity index (χ4v) is 2.10.